The minimum atomic E-state index is -3.33. The van der Waals surface area contributed by atoms with Crippen molar-refractivity contribution in [1.29, 1.82) is 0 Å². The van der Waals surface area contributed by atoms with E-state index in [2.05, 4.69) is 11.7 Å². The number of nitrogens with zero attached hydrogens (tertiary/aromatic N) is 6. The molecule has 0 bridgehead atoms. The first-order chi connectivity index (χ1) is 21.6. The molecule has 2 aliphatic heterocycles. The Morgan fingerprint density at radius 1 is 1.24 bits per heavy atom. The molecule has 2 fully saturated rings. The van der Waals surface area contributed by atoms with Crippen LogP contribution in [0.3, 0.4) is 0 Å². The summed E-state index contributed by atoms with van der Waals surface area (Å²) in [6.45, 7) is 9.05. The molecule has 1 N–H and O–H groups in total. The molecule has 2 saturated heterocycles. The molecule has 4 aromatic heterocycles. The van der Waals surface area contributed by atoms with E-state index in [1.165, 1.54) is 23.1 Å². The maximum absolute atomic E-state index is 15.8. The van der Waals surface area contributed by atoms with Crippen LogP contribution in [0.4, 0.5) is 14.6 Å². The highest BCUT2D eigenvalue weighted by atomic mass is 32.2. The number of anilines is 1. The predicted octanol–water partition coefficient (Wildman–Crippen LogP) is 6.85. The number of thiophene rings is 1. The molecule has 7 rings (SSSR count). The normalized spacial score (nSPS) is 21.6. The van der Waals surface area contributed by atoms with E-state index in [9.17, 15) is 5.11 Å². The van der Waals surface area contributed by atoms with E-state index in [4.69, 9.17) is 24.4 Å². The molecule has 1 aromatic carbocycles. The fourth-order valence-electron chi connectivity index (χ4n) is 6.49. The number of thioether (sulfide) groups is 1. The van der Waals surface area contributed by atoms with Crippen molar-refractivity contribution >= 4 is 60.1 Å². The van der Waals surface area contributed by atoms with Gasteiger partial charge >= 0.3 is 0 Å². The number of fused-ring (bicyclic) bond motifs is 4. The predicted molar refractivity (Wildman–Crippen MR) is 175 cm³/mol. The molecule has 0 radical (unpaired) electrons. The first-order valence-corrected chi connectivity index (χ1v) is 17.0. The summed E-state index contributed by atoms with van der Waals surface area (Å²) >= 11 is 2.82. The molecule has 9 nitrogen and oxygen atoms in total. The van der Waals surface area contributed by atoms with Crippen molar-refractivity contribution in [2.75, 3.05) is 44.1 Å². The van der Waals surface area contributed by atoms with E-state index < -0.39 is 11.5 Å². The molecule has 2 atom stereocenters. The Morgan fingerprint density at radius 2 is 2.09 bits per heavy atom. The van der Waals surface area contributed by atoms with Gasteiger partial charge in [0.2, 0.25) is 0 Å². The second-order valence-corrected chi connectivity index (χ2v) is 13.7. The van der Waals surface area contributed by atoms with Crippen LogP contribution in [0.1, 0.15) is 43.5 Å². The van der Waals surface area contributed by atoms with E-state index >= 15 is 8.78 Å². The number of alkyl halides is 2. The van der Waals surface area contributed by atoms with Crippen LogP contribution < -0.4 is 4.90 Å². The van der Waals surface area contributed by atoms with Crippen LogP contribution in [-0.2, 0) is 15.4 Å². The standard InChI is InChI=1S/C32H34F2N6O3S2/c1-5-32(33,34)25-18(2)14-21-20(15-36-40(21)22-8-6-7-12-43-22)23(25)26-27-19(9-10-35-26)24-28(37-30(44-4)38-29(24)45-27)39-11-13-42-17-31(3,41)16-39/h5,9-10,14-15,22,41H,1,6-8,11-13,16-17H2,2-4H3/t22?,31-/m0/s1. The Hall–Kier alpha value is -3.23. The molecule has 0 amide bonds. The minimum absolute atomic E-state index is 0.150. The first kappa shape index (κ1) is 30.4. The number of ether oxygens (including phenoxy) is 2. The number of aryl methyl sites for hydroxylation is 1. The average molecular weight is 653 g/mol. The second kappa shape index (κ2) is 11.5. The fraction of sp³-hybridized carbons (Fsp3) is 0.438. The number of aromatic nitrogens is 5. The zero-order chi connectivity index (χ0) is 31.5. The molecule has 5 aromatic rings. The van der Waals surface area contributed by atoms with Gasteiger partial charge in [-0.25, -0.2) is 14.6 Å². The SMILES string of the molecule is C=CC(F)(F)c1c(C)cc2c(cnn2C2CCCCO2)c1-c1nccc2c1sc1nc(SC)nc(N3CCOC[C@@](C)(O)C3)c12. The average Bonchev–Trinajstić information content (AvgIpc) is 3.57. The van der Waals surface area contributed by atoms with Crippen LogP contribution in [0, 0.1) is 6.92 Å². The van der Waals surface area contributed by atoms with Crippen molar-refractivity contribution in [3.63, 3.8) is 0 Å². The van der Waals surface area contributed by atoms with Crippen molar-refractivity contribution in [3.05, 3.63) is 48.3 Å². The third-order valence-electron chi connectivity index (χ3n) is 8.50. The van der Waals surface area contributed by atoms with E-state index in [1.54, 1.807) is 32.3 Å². The van der Waals surface area contributed by atoms with Gasteiger partial charge in [-0.05, 0) is 63.1 Å². The number of hydrogen-bond donors (Lipinski definition) is 1. The number of aliphatic hydroxyl groups is 1. The summed E-state index contributed by atoms with van der Waals surface area (Å²) < 4.78 is 45.9. The lowest BCUT2D eigenvalue weighted by Crippen LogP contribution is -2.42. The Bertz CT molecular complexity index is 1940. The Kier molecular flexibility index (Phi) is 7.80. The fourth-order valence-corrected chi connectivity index (χ4v) is 8.07. The van der Waals surface area contributed by atoms with Gasteiger partial charge in [-0.3, -0.25) is 4.98 Å². The molecule has 0 saturated carbocycles. The van der Waals surface area contributed by atoms with Gasteiger partial charge in [0.05, 0.1) is 47.3 Å². The molecule has 0 spiro atoms. The second-order valence-electron chi connectivity index (χ2n) is 11.9. The van der Waals surface area contributed by atoms with Crippen molar-refractivity contribution in [2.45, 2.75) is 56.0 Å². The van der Waals surface area contributed by atoms with Crippen molar-refractivity contribution < 1.29 is 23.4 Å². The highest BCUT2D eigenvalue weighted by Gasteiger charge is 2.37. The summed E-state index contributed by atoms with van der Waals surface area (Å²) in [5.41, 5.74) is 0.648. The third kappa shape index (κ3) is 5.28. The smallest absolute Gasteiger partial charge is 0.292 e. The molecule has 45 heavy (non-hydrogen) atoms. The maximum atomic E-state index is 15.8. The number of rotatable bonds is 6. The highest BCUT2D eigenvalue weighted by Crippen LogP contribution is 2.48. The molecular weight excluding hydrogens is 619 g/mol. The number of benzene rings is 1. The lowest BCUT2D eigenvalue weighted by atomic mass is 9.90. The van der Waals surface area contributed by atoms with Crippen LogP contribution in [0.25, 0.3) is 42.5 Å². The number of pyridine rings is 1. The van der Waals surface area contributed by atoms with E-state index in [0.717, 1.165) is 35.6 Å². The molecule has 2 aliphatic rings. The molecule has 6 heterocycles. The zero-order valence-corrected chi connectivity index (χ0v) is 27.0. The van der Waals surface area contributed by atoms with Gasteiger partial charge in [0, 0.05) is 41.2 Å². The van der Waals surface area contributed by atoms with E-state index in [1.807, 2.05) is 21.9 Å². The summed E-state index contributed by atoms with van der Waals surface area (Å²) in [7, 11) is 0. The largest absolute Gasteiger partial charge is 0.386 e. The molecule has 13 heteroatoms. The molecule has 1 unspecified atom stereocenters. The van der Waals surface area contributed by atoms with Crippen LogP contribution >= 0.6 is 23.1 Å². The van der Waals surface area contributed by atoms with Crippen molar-refractivity contribution in [2.24, 2.45) is 0 Å². The number of allylic oxidation sites excluding steroid dienone is 1. The highest BCUT2D eigenvalue weighted by molar-refractivity contribution is 7.98. The van der Waals surface area contributed by atoms with Gasteiger partial charge in [0.1, 0.15) is 16.2 Å². The monoisotopic (exact) mass is 652 g/mol. The van der Waals surface area contributed by atoms with Gasteiger partial charge in [0.25, 0.3) is 5.92 Å². The Balaban J connectivity index is 1.52. The van der Waals surface area contributed by atoms with Crippen LogP contribution in [0.2, 0.25) is 0 Å². The molecule has 236 valence electrons. The summed E-state index contributed by atoms with van der Waals surface area (Å²) in [5, 5.41) is 18.4. The van der Waals surface area contributed by atoms with Gasteiger partial charge in [-0.2, -0.15) is 13.9 Å². The molecule has 0 aliphatic carbocycles. The summed E-state index contributed by atoms with van der Waals surface area (Å²) in [6.07, 6.45) is 8.42. The topological polar surface area (TPSA) is 98.4 Å². The number of β-amino-alcohol motifs (C(OH)–C–C–N with tert-alkyl or cyclic N) is 1. The third-order valence-corrected chi connectivity index (χ3v) is 10.2. The number of hydrogen-bond acceptors (Lipinski definition) is 10. The minimum Gasteiger partial charge on any atom is -0.386 e. The Morgan fingerprint density at radius 3 is 2.84 bits per heavy atom. The number of halogens is 2. The first-order valence-electron chi connectivity index (χ1n) is 14.9. The summed E-state index contributed by atoms with van der Waals surface area (Å²) in [6, 6.07) is 3.65. The zero-order valence-electron chi connectivity index (χ0n) is 25.3. The van der Waals surface area contributed by atoms with Gasteiger partial charge in [-0.1, -0.05) is 18.3 Å². The van der Waals surface area contributed by atoms with Crippen molar-refractivity contribution in [3.8, 4) is 11.3 Å². The van der Waals surface area contributed by atoms with Crippen LogP contribution in [0.5, 0.6) is 0 Å². The Labute approximate surface area is 267 Å². The van der Waals surface area contributed by atoms with Crippen LogP contribution in [0.15, 0.2) is 42.3 Å². The summed E-state index contributed by atoms with van der Waals surface area (Å²) in [5.74, 6) is -2.65. The van der Waals surface area contributed by atoms with Gasteiger partial charge in [-0.15, -0.1) is 11.3 Å². The lowest BCUT2D eigenvalue weighted by molar-refractivity contribution is -0.0366. The van der Waals surface area contributed by atoms with Gasteiger partial charge < -0.3 is 19.5 Å². The summed E-state index contributed by atoms with van der Waals surface area (Å²) in [4.78, 5) is 17.2. The maximum Gasteiger partial charge on any atom is 0.292 e. The van der Waals surface area contributed by atoms with Crippen molar-refractivity contribution in [1.82, 2.24) is 24.7 Å². The molecular formula is C32H34F2N6O3S2. The van der Waals surface area contributed by atoms with E-state index in [0.29, 0.717) is 75.1 Å². The lowest BCUT2D eigenvalue weighted by Gasteiger charge is -2.28. The van der Waals surface area contributed by atoms with Gasteiger partial charge in [0.15, 0.2) is 11.4 Å². The van der Waals surface area contributed by atoms with Crippen LogP contribution in [-0.4, -0.2) is 74.6 Å². The quantitative estimate of drug-likeness (QED) is 0.120. The van der Waals surface area contributed by atoms with E-state index in [-0.39, 0.29) is 18.4 Å².